The number of hydrogen-bond acceptors (Lipinski definition) is 2. The Kier molecular flexibility index (Phi) is 6.84. The second-order valence-electron chi connectivity index (χ2n) is 6.42. The first kappa shape index (κ1) is 24.9. The minimum absolute atomic E-state index is 0.237. The van der Waals surface area contributed by atoms with Gasteiger partial charge in [-0.05, 0) is 5.19 Å². The van der Waals surface area contributed by atoms with Crippen molar-refractivity contribution in [2.24, 2.45) is 0 Å². The molecule has 3 nitrogen and oxygen atoms in total. The first-order valence-corrected chi connectivity index (χ1v) is 10.8. The molecule has 1 rings (SSSR count). The van der Waals surface area contributed by atoms with E-state index in [1.807, 2.05) is 0 Å². The van der Waals surface area contributed by atoms with Gasteiger partial charge < -0.3 is 0 Å². The van der Waals surface area contributed by atoms with Crippen molar-refractivity contribution in [2.45, 2.75) is 37.3 Å². The minimum atomic E-state index is -6.64. The first-order chi connectivity index (χ1) is 13.0. The molecule has 0 atom stereocenters. The molecule has 0 aliphatic heterocycles. The van der Waals surface area contributed by atoms with E-state index in [-0.39, 0.29) is 5.19 Å². The molecule has 0 saturated carbocycles. The van der Waals surface area contributed by atoms with Crippen LogP contribution in [0.3, 0.4) is 0 Å². The van der Waals surface area contributed by atoms with Crippen molar-refractivity contribution < 1.29 is 53.6 Å². The van der Waals surface area contributed by atoms with E-state index < -0.39 is 49.2 Å². The minimum Gasteiger partial charge on any atom is -0.241 e. The van der Waals surface area contributed by atoms with Crippen LogP contribution in [0, 0.1) is 0 Å². The topological polar surface area (TPSA) is 29.3 Å². The molecule has 0 radical (unpaired) electrons. The molecule has 0 aliphatic carbocycles. The van der Waals surface area contributed by atoms with Crippen LogP contribution in [0.4, 0.5) is 45.2 Å². The summed E-state index contributed by atoms with van der Waals surface area (Å²) in [6.07, 6.45) is -18.4. The number of ether oxygens (including phenoxy) is 1. The molecule has 0 bridgehead atoms. The third-order valence-electron chi connectivity index (χ3n) is 3.99. The van der Waals surface area contributed by atoms with Crippen molar-refractivity contribution in [3.05, 3.63) is 36.5 Å². The van der Waals surface area contributed by atoms with Crippen LogP contribution < -0.4 is 5.19 Å². The van der Waals surface area contributed by atoms with Gasteiger partial charge in [-0.3, -0.25) is 0 Å². The number of rotatable bonds is 7. The number of halogens is 9. The molecule has 0 heterocycles. The zero-order chi connectivity index (χ0) is 22.9. The van der Waals surface area contributed by atoms with Crippen LogP contribution in [0.15, 0.2) is 36.5 Å². The lowest BCUT2D eigenvalue weighted by atomic mass is 10.1. The summed E-state index contributed by atoms with van der Waals surface area (Å²) in [5, 5.41) is 0.237. The fraction of sp³-hybridized carbons (Fsp3) is 0.438. The standard InChI is InChI=1S/C16H15F9NO2Si/c1-4-29(2,3)12-7-5-6-11(8-12)26(10-27)14(15(20,21)22,16(23,24)25)28-13(18,19)9-17/h4-8H,1,9H2,2-3H3/q+1. The van der Waals surface area contributed by atoms with Crippen molar-refractivity contribution in [1.82, 2.24) is 0 Å². The zero-order valence-corrected chi connectivity index (χ0v) is 16.0. The predicted octanol–water partition coefficient (Wildman–Crippen LogP) is 4.71. The number of benzene rings is 1. The Morgan fingerprint density at radius 1 is 1.10 bits per heavy atom. The normalized spacial score (nSPS) is 13.8. The average molecular weight is 452 g/mol. The van der Waals surface area contributed by atoms with Gasteiger partial charge in [-0.25, -0.2) is 9.13 Å². The lowest BCUT2D eigenvalue weighted by Crippen LogP contribution is -2.67. The van der Waals surface area contributed by atoms with Crippen LogP contribution >= 0.6 is 0 Å². The quantitative estimate of drug-likeness (QED) is 0.150. The molecular formula is C16H15F9NO2Si+. The van der Waals surface area contributed by atoms with Gasteiger partial charge in [0.15, 0.2) is 6.67 Å². The van der Waals surface area contributed by atoms with E-state index in [0.29, 0.717) is 12.1 Å². The van der Waals surface area contributed by atoms with Gasteiger partial charge in [-0.2, -0.15) is 39.9 Å². The second kappa shape index (κ2) is 7.96. The number of alkyl halides is 9. The van der Waals surface area contributed by atoms with Gasteiger partial charge in [-0.15, -0.1) is 6.58 Å². The van der Waals surface area contributed by atoms with Crippen molar-refractivity contribution in [2.75, 3.05) is 6.67 Å². The van der Waals surface area contributed by atoms with E-state index in [4.69, 9.17) is 0 Å². The van der Waals surface area contributed by atoms with E-state index in [1.54, 1.807) is 13.1 Å². The SMILES string of the molecule is C=C[Si](C)(C)c1cccc([N+](=C=O)C(OC(F)(F)CF)(C(F)(F)F)C(F)(F)F)c1. The maximum absolute atomic E-state index is 13.5. The van der Waals surface area contributed by atoms with Crippen molar-refractivity contribution in [3.8, 4) is 0 Å². The number of carbonyl (C=O) groups excluding carboxylic acids is 1. The summed E-state index contributed by atoms with van der Waals surface area (Å²) in [5.41, 5.74) is -5.52. The van der Waals surface area contributed by atoms with E-state index in [0.717, 1.165) is 12.1 Å². The van der Waals surface area contributed by atoms with Crippen molar-refractivity contribution in [3.63, 3.8) is 0 Å². The highest BCUT2D eigenvalue weighted by Gasteiger charge is 2.85. The second-order valence-corrected chi connectivity index (χ2v) is 10.8. The zero-order valence-electron chi connectivity index (χ0n) is 15.0. The number of nitrogens with zero attached hydrogens (tertiary/aromatic N) is 1. The summed E-state index contributed by atoms with van der Waals surface area (Å²) in [5.74, 6) is 0. The molecule has 0 unspecified atom stereocenters. The Hall–Kier alpha value is -2.11. The van der Waals surface area contributed by atoms with Gasteiger partial charge in [-0.1, -0.05) is 35.5 Å². The molecule has 1 aromatic rings. The van der Waals surface area contributed by atoms with E-state index in [2.05, 4.69) is 11.3 Å². The predicted molar refractivity (Wildman–Crippen MR) is 86.2 cm³/mol. The number of hydrogen-bond donors (Lipinski definition) is 0. The van der Waals surface area contributed by atoms with Crippen molar-refractivity contribution >= 4 is 25.0 Å². The summed E-state index contributed by atoms with van der Waals surface area (Å²) >= 11 is 0. The molecule has 0 N–H and O–H groups in total. The lowest BCUT2D eigenvalue weighted by molar-refractivity contribution is -0.706. The Morgan fingerprint density at radius 3 is 2.00 bits per heavy atom. The molecule has 0 aliphatic rings. The molecule has 0 amide bonds. The van der Waals surface area contributed by atoms with E-state index in [9.17, 15) is 44.3 Å². The van der Waals surface area contributed by atoms with Gasteiger partial charge in [0.2, 0.25) is 5.69 Å². The van der Waals surface area contributed by atoms with E-state index in [1.165, 1.54) is 11.8 Å². The van der Waals surface area contributed by atoms with Gasteiger partial charge in [0.25, 0.3) is 0 Å². The van der Waals surface area contributed by atoms with Crippen LogP contribution in [-0.2, 0) is 9.53 Å². The Labute approximate surface area is 160 Å². The van der Waals surface area contributed by atoms with Crippen LogP contribution in [-0.4, -0.2) is 49.6 Å². The highest BCUT2D eigenvalue weighted by atomic mass is 28.3. The van der Waals surface area contributed by atoms with Gasteiger partial charge in [0.05, 0.1) is 0 Å². The maximum Gasteiger partial charge on any atom is 0.496 e. The van der Waals surface area contributed by atoms with Gasteiger partial charge in [0.1, 0.15) is 8.07 Å². The van der Waals surface area contributed by atoms with Crippen LogP contribution in [0.5, 0.6) is 0 Å². The molecule has 0 fully saturated rings. The summed E-state index contributed by atoms with van der Waals surface area (Å²) in [6, 6.07) is 3.81. The Morgan fingerprint density at radius 2 is 1.62 bits per heavy atom. The average Bonchev–Trinajstić information content (AvgIpc) is 2.59. The van der Waals surface area contributed by atoms with Crippen molar-refractivity contribution in [1.29, 1.82) is 0 Å². The van der Waals surface area contributed by atoms with E-state index >= 15 is 0 Å². The van der Waals surface area contributed by atoms with Gasteiger partial charge in [0, 0.05) is 12.1 Å². The summed E-state index contributed by atoms with van der Waals surface area (Å²) < 4.78 is 122. The summed E-state index contributed by atoms with van der Waals surface area (Å²) in [7, 11) is -2.55. The molecule has 0 spiro atoms. The largest absolute Gasteiger partial charge is 0.496 e. The van der Waals surface area contributed by atoms with Crippen LogP contribution in [0.1, 0.15) is 0 Å². The third kappa shape index (κ3) is 4.73. The van der Waals surface area contributed by atoms with Gasteiger partial charge >= 0.3 is 30.3 Å². The molecular weight excluding hydrogens is 437 g/mol. The highest BCUT2D eigenvalue weighted by Crippen LogP contribution is 2.50. The molecule has 13 heteroatoms. The highest BCUT2D eigenvalue weighted by molar-refractivity contribution is 6.93. The fourth-order valence-electron chi connectivity index (χ4n) is 2.28. The van der Waals surface area contributed by atoms with Crippen LogP contribution in [0.2, 0.25) is 13.1 Å². The fourth-order valence-corrected chi connectivity index (χ4v) is 3.56. The smallest absolute Gasteiger partial charge is 0.241 e. The molecule has 162 valence electrons. The molecule has 0 aromatic heterocycles. The Bertz CT molecular complexity index is 797. The third-order valence-corrected chi connectivity index (χ3v) is 6.81. The molecule has 0 saturated heterocycles. The summed E-state index contributed by atoms with van der Waals surface area (Å²) in [4.78, 5) is 11.2. The van der Waals surface area contributed by atoms with Crippen LogP contribution in [0.25, 0.3) is 0 Å². The Balaban J connectivity index is 3.91. The maximum atomic E-state index is 13.5. The lowest BCUT2D eigenvalue weighted by Gasteiger charge is -2.33. The molecule has 29 heavy (non-hydrogen) atoms. The first-order valence-electron chi connectivity index (χ1n) is 7.68. The summed E-state index contributed by atoms with van der Waals surface area (Å²) in [6.45, 7) is 3.82. The number of isocyanates is 1. The monoisotopic (exact) mass is 452 g/mol. The molecule has 1 aromatic carbocycles.